The minimum absolute atomic E-state index is 0.0127. The second kappa shape index (κ2) is 4.17. The van der Waals surface area contributed by atoms with E-state index in [2.05, 4.69) is 26.1 Å². The van der Waals surface area contributed by atoms with Crippen LogP contribution in [0.3, 0.4) is 0 Å². The van der Waals surface area contributed by atoms with E-state index in [1.54, 1.807) is 0 Å². The van der Waals surface area contributed by atoms with E-state index < -0.39 is 6.09 Å². The lowest BCUT2D eigenvalue weighted by Crippen LogP contribution is -2.56. The van der Waals surface area contributed by atoms with Crippen LogP contribution in [0.1, 0.15) is 40.0 Å². The normalized spacial score (nSPS) is 23.6. The van der Waals surface area contributed by atoms with Gasteiger partial charge in [-0.2, -0.15) is 0 Å². The van der Waals surface area contributed by atoms with Gasteiger partial charge in [0.2, 0.25) is 0 Å². The Morgan fingerprint density at radius 2 is 2.07 bits per heavy atom. The minimum Gasteiger partial charge on any atom is -0.465 e. The van der Waals surface area contributed by atoms with Crippen LogP contribution in [0.2, 0.25) is 0 Å². The highest BCUT2D eigenvalue weighted by molar-refractivity contribution is 5.65. The molecular weight excluding hydrogens is 180 g/mol. The van der Waals surface area contributed by atoms with Gasteiger partial charge in [-0.1, -0.05) is 0 Å². The fraction of sp³-hybridized carbons (Fsp3) is 0.900. The Kier molecular flexibility index (Phi) is 3.37. The summed E-state index contributed by atoms with van der Waals surface area (Å²) in [5.41, 5.74) is -0.0320. The summed E-state index contributed by atoms with van der Waals surface area (Å²) in [6.45, 7) is 6.83. The van der Waals surface area contributed by atoms with Gasteiger partial charge in [-0.05, 0) is 40.0 Å². The molecule has 1 heterocycles. The summed E-state index contributed by atoms with van der Waals surface area (Å²) in [5.74, 6) is 0. The van der Waals surface area contributed by atoms with E-state index in [1.807, 2.05) is 0 Å². The molecule has 1 atom stereocenters. The van der Waals surface area contributed by atoms with Crippen LogP contribution in [0.5, 0.6) is 0 Å². The third kappa shape index (κ3) is 3.18. The van der Waals surface area contributed by atoms with E-state index in [0.29, 0.717) is 6.54 Å². The number of hydrogen-bond donors (Lipinski definition) is 2. The molecule has 4 heteroatoms. The molecule has 1 fully saturated rings. The molecule has 0 aromatic heterocycles. The average molecular weight is 200 g/mol. The van der Waals surface area contributed by atoms with Crippen LogP contribution < -0.4 is 5.32 Å². The minimum atomic E-state index is -0.813. The molecule has 4 nitrogen and oxygen atoms in total. The third-order valence-corrected chi connectivity index (χ3v) is 2.35. The van der Waals surface area contributed by atoms with Crippen LogP contribution in [-0.4, -0.2) is 34.3 Å². The summed E-state index contributed by atoms with van der Waals surface area (Å²) in [4.78, 5) is 12.4. The number of carboxylic acid groups (broad SMARTS) is 1. The highest BCUT2D eigenvalue weighted by Crippen LogP contribution is 2.17. The molecule has 82 valence electrons. The molecule has 0 saturated carbocycles. The first-order valence-corrected chi connectivity index (χ1v) is 5.17. The fourth-order valence-corrected chi connectivity index (χ4v) is 1.81. The van der Waals surface area contributed by atoms with Gasteiger partial charge in [0.05, 0.1) is 6.17 Å². The Hall–Kier alpha value is -0.770. The number of amides is 1. The lowest BCUT2D eigenvalue weighted by Gasteiger charge is -2.38. The number of hydrogen-bond acceptors (Lipinski definition) is 2. The molecular formula is C10H20N2O2. The molecule has 0 aliphatic carbocycles. The summed E-state index contributed by atoms with van der Waals surface area (Å²) >= 11 is 0. The van der Waals surface area contributed by atoms with Crippen molar-refractivity contribution in [3.63, 3.8) is 0 Å². The SMILES string of the molecule is CC(C)(C)NC1CCCCN1C(=O)O. The van der Waals surface area contributed by atoms with Crippen LogP contribution in [0.15, 0.2) is 0 Å². The van der Waals surface area contributed by atoms with Gasteiger partial charge in [0.1, 0.15) is 0 Å². The lowest BCUT2D eigenvalue weighted by atomic mass is 10.0. The van der Waals surface area contributed by atoms with E-state index in [1.165, 1.54) is 4.90 Å². The van der Waals surface area contributed by atoms with Crippen molar-refractivity contribution >= 4 is 6.09 Å². The van der Waals surface area contributed by atoms with Crippen molar-refractivity contribution in [3.8, 4) is 0 Å². The zero-order valence-electron chi connectivity index (χ0n) is 9.21. The summed E-state index contributed by atoms with van der Waals surface area (Å²) in [5, 5.41) is 12.3. The molecule has 1 aliphatic heterocycles. The molecule has 0 radical (unpaired) electrons. The van der Waals surface area contributed by atoms with Gasteiger partial charge in [-0.15, -0.1) is 0 Å². The fourth-order valence-electron chi connectivity index (χ4n) is 1.81. The van der Waals surface area contributed by atoms with Crippen molar-refractivity contribution in [2.45, 2.75) is 51.7 Å². The van der Waals surface area contributed by atoms with Crippen LogP contribution in [-0.2, 0) is 0 Å². The number of nitrogens with one attached hydrogen (secondary N) is 1. The Morgan fingerprint density at radius 3 is 2.57 bits per heavy atom. The summed E-state index contributed by atoms with van der Waals surface area (Å²) in [6.07, 6.45) is 2.18. The van der Waals surface area contributed by atoms with E-state index in [9.17, 15) is 4.79 Å². The number of carbonyl (C=O) groups is 1. The van der Waals surface area contributed by atoms with Crippen molar-refractivity contribution in [2.24, 2.45) is 0 Å². The van der Waals surface area contributed by atoms with Gasteiger partial charge >= 0.3 is 6.09 Å². The highest BCUT2D eigenvalue weighted by Gasteiger charge is 2.28. The molecule has 1 unspecified atom stereocenters. The molecule has 0 bridgehead atoms. The molecule has 1 amide bonds. The molecule has 1 aliphatic rings. The highest BCUT2D eigenvalue weighted by atomic mass is 16.4. The Bertz CT molecular complexity index is 211. The smallest absolute Gasteiger partial charge is 0.408 e. The van der Waals surface area contributed by atoms with Gasteiger partial charge in [0, 0.05) is 12.1 Å². The van der Waals surface area contributed by atoms with Gasteiger partial charge in [-0.3, -0.25) is 10.2 Å². The summed E-state index contributed by atoms with van der Waals surface area (Å²) in [6, 6.07) is 0. The predicted molar refractivity (Wildman–Crippen MR) is 55.3 cm³/mol. The Labute approximate surface area is 85.3 Å². The second-order valence-electron chi connectivity index (χ2n) is 4.88. The number of piperidine rings is 1. The first-order valence-electron chi connectivity index (χ1n) is 5.17. The zero-order valence-corrected chi connectivity index (χ0v) is 9.21. The first kappa shape index (κ1) is 11.3. The number of rotatable bonds is 1. The van der Waals surface area contributed by atoms with Crippen molar-refractivity contribution in [1.29, 1.82) is 0 Å². The maximum absolute atomic E-state index is 10.9. The van der Waals surface area contributed by atoms with E-state index in [-0.39, 0.29) is 11.7 Å². The van der Waals surface area contributed by atoms with Crippen molar-refractivity contribution in [2.75, 3.05) is 6.54 Å². The summed E-state index contributed by atoms with van der Waals surface area (Å²) in [7, 11) is 0. The van der Waals surface area contributed by atoms with Gasteiger partial charge < -0.3 is 5.11 Å². The molecule has 14 heavy (non-hydrogen) atoms. The Morgan fingerprint density at radius 1 is 1.43 bits per heavy atom. The zero-order chi connectivity index (χ0) is 10.8. The first-order chi connectivity index (χ1) is 6.40. The van der Waals surface area contributed by atoms with Crippen molar-refractivity contribution in [3.05, 3.63) is 0 Å². The van der Waals surface area contributed by atoms with Crippen LogP contribution in [0.4, 0.5) is 4.79 Å². The van der Waals surface area contributed by atoms with Crippen molar-refractivity contribution < 1.29 is 9.90 Å². The maximum Gasteiger partial charge on any atom is 0.408 e. The van der Waals surface area contributed by atoms with Crippen molar-refractivity contribution in [1.82, 2.24) is 10.2 Å². The monoisotopic (exact) mass is 200 g/mol. The quantitative estimate of drug-likeness (QED) is 0.679. The molecule has 0 aromatic carbocycles. The molecule has 0 aromatic rings. The third-order valence-electron chi connectivity index (χ3n) is 2.35. The van der Waals surface area contributed by atoms with Crippen LogP contribution >= 0.6 is 0 Å². The maximum atomic E-state index is 10.9. The topological polar surface area (TPSA) is 52.6 Å². The van der Waals surface area contributed by atoms with Crippen LogP contribution in [0, 0.1) is 0 Å². The standard InChI is InChI=1S/C10H20N2O2/c1-10(2,3)11-8-6-4-5-7-12(8)9(13)14/h8,11H,4-7H2,1-3H3,(H,13,14). The molecule has 2 N–H and O–H groups in total. The average Bonchev–Trinajstić information content (AvgIpc) is 2.01. The Balaban J connectivity index is 2.59. The van der Waals surface area contributed by atoms with E-state index in [4.69, 9.17) is 5.11 Å². The molecule has 0 spiro atoms. The number of likely N-dealkylation sites (tertiary alicyclic amines) is 1. The van der Waals surface area contributed by atoms with E-state index in [0.717, 1.165) is 19.3 Å². The van der Waals surface area contributed by atoms with Gasteiger partial charge in [0.15, 0.2) is 0 Å². The van der Waals surface area contributed by atoms with Crippen LogP contribution in [0.25, 0.3) is 0 Å². The largest absolute Gasteiger partial charge is 0.465 e. The van der Waals surface area contributed by atoms with Gasteiger partial charge in [-0.25, -0.2) is 4.79 Å². The predicted octanol–water partition coefficient (Wildman–Crippen LogP) is 1.86. The van der Waals surface area contributed by atoms with Gasteiger partial charge in [0.25, 0.3) is 0 Å². The summed E-state index contributed by atoms with van der Waals surface area (Å²) < 4.78 is 0. The molecule has 1 saturated heterocycles. The second-order valence-corrected chi connectivity index (χ2v) is 4.88. The molecule has 1 rings (SSSR count). The number of nitrogens with zero attached hydrogens (tertiary/aromatic N) is 1. The van der Waals surface area contributed by atoms with E-state index >= 15 is 0 Å². The lowest BCUT2D eigenvalue weighted by molar-refractivity contribution is 0.0820.